The smallest absolute Gasteiger partial charge is 0.247 e. The Kier molecular flexibility index (Phi) is 6.80. The van der Waals surface area contributed by atoms with E-state index in [4.69, 9.17) is 33.7 Å². The second-order valence-corrected chi connectivity index (χ2v) is 7.53. The summed E-state index contributed by atoms with van der Waals surface area (Å²) in [4.78, 5) is 11.8. The summed E-state index contributed by atoms with van der Waals surface area (Å²) in [6, 6.07) is 12.5. The van der Waals surface area contributed by atoms with Gasteiger partial charge in [0, 0.05) is 15.6 Å². The third kappa shape index (κ3) is 5.91. The molecule has 0 bridgehead atoms. The number of amides is 1. The van der Waals surface area contributed by atoms with Crippen LogP contribution >= 0.6 is 34.5 Å². The number of nitrogens with one attached hydrogen (secondary N) is 1. The SMILES string of the molecule is Nc1nnc(CC(=O)N/N=C/c2ccc(OCc3ccc(Cl)cc3Cl)cc2)s1. The molecule has 0 saturated heterocycles. The number of carbonyl (C=O) groups is 1. The van der Waals surface area contributed by atoms with Gasteiger partial charge in [0.05, 0.1) is 12.6 Å². The van der Waals surface area contributed by atoms with Gasteiger partial charge in [-0.3, -0.25) is 4.79 Å². The third-order valence-electron chi connectivity index (χ3n) is 3.49. The number of nitrogens with two attached hydrogens (primary N) is 1. The maximum Gasteiger partial charge on any atom is 0.247 e. The van der Waals surface area contributed by atoms with Gasteiger partial charge in [-0.2, -0.15) is 5.10 Å². The van der Waals surface area contributed by atoms with Gasteiger partial charge in [-0.1, -0.05) is 40.6 Å². The lowest BCUT2D eigenvalue weighted by Crippen LogP contribution is -2.19. The van der Waals surface area contributed by atoms with Gasteiger partial charge >= 0.3 is 0 Å². The van der Waals surface area contributed by atoms with Crippen LogP contribution in [0.3, 0.4) is 0 Å². The van der Waals surface area contributed by atoms with Crippen LogP contribution in [0.2, 0.25) is 10.0 Å². The summed E-state index contributed by atoms with van der Waals surface area (Å²) in [6.45, 7) is 0.329. The number of rotatable bonds is 7. The van der Waals surface area contributed by atoms with Crippen molar-refractivity contribution < 1.29 is 9.53 Å². The summed E-state index contributed by atoms with van der Waals surface area (Å²) >= 11 is 13.2. The Morgan fingerprint density at radius 3 is 2.68 bits per heavy atom. The molecule has 0 spiro atoms. The lowest BCUT2D eigenvalue weighted by atomic mass is 10.2. The van der Waals surface area contributed by atoms with E-state index in [1.807, 2.05) is 18.2 Å². The zero-order valence-corrected chi connectivity index (χ0v) is 16.8. The van der Waals surface area contributed by atoms with Crippen molar-refractivity contribution in [2.75, 3.05) is 5.73 Å². The molecule has 7 nitrogen and oxygen atoms in total. The number of nitrogens with zero attached hydrogens (tertiary/aromatic N) is 3. The van der Waals surface area contributed by atoms with Crippen LogP contribution in [0.4, 0.5) is 5.13 Å². The number of halogens is 2. The number of hydrogen-bond acceptors (Lipinski definition) is 7. The van der Waals surface area contributed by atoms with Gasteiger partial charge in [-0.15, -0.1) is 10.2 Å². The molecule has 2 aromatic carbocycles. The van der Waals surface area contributed by atoms with Crippen LogP contribution in [-0.4, -0.2) is 22.3 Å². The summed E-state index contributed by atoms with van der Waals surface area (Å²) in [5, 5.41) is 13.4. The highest BCUT2D eigenvalue weighted by atomic mass is 35.5. The highest BCUT2D eigenvalue weighted by Crippen LogP contribution is 2.22. The Balaban J connectivity index is 1.48. The van der Waals surface area contributed by atoms with E-state index in [2.05, 4.69) is 20.7 Å². The minimum absolute atomic E-state index is 0.0756. The van der Waals surface area contributed by atoms with Crippen molar-refractivity contribution in [2.45, 2.75) is 13.0 Å². The molecule has 1 heterocycles. The van der Waals surface area contributed by atoms with E-state index in [1.165, 1.54) is 17.6 Å². The molecule has 0 radical (unpaired) electrons. The molecule has 0 saturated carbocycles. The fourth-order valence-electron chi connectivity index (χ4n) is 2.14. The average Bonchev–Trinajstić information content (AvgIpc) is 3.07. The fourth-order valence-corrected chi connectivity index (χ4v) is 3.21. The fraction of sp³-hybridized carbons (Fsp3) is 0.111. The Bertz CT molecular complexity index is 992. The molecule has 0 fully saturated rings. The van der Waals surface area contributed by atoms with Crippen LogP contribution in [0.25, 0.3) is 0 Å². The number of hydrogen-bond donors (Lipinski definition) is 2. The monoisotopic (exact) mass is 435 g/mol. The van der Waals surface area contributed by atoms with Crippen LogP contribution in [0.1, 0.15) is 16.1 Å². The van der Waals surface area contributed by atoms with Gasteiger partial charge in [0.1, 0.15) is 17.4 Å². The molecule has 0 aliphatic heterocycles. The number of hydrazone groups is 1. The van der Waals surface area contributed by atoms with Crippen molar-refractivity contribution in [3.63, 3.8) is 0 Å². The minimum atomic E-state index is -0.299. The van der Waals surface area contributed by atoms with Gasteiger partial charge < -0.3 is 10.5 Å². The predicted octanol–water partition coefficient (Wildman–Crippen LogP) is 3.70. The first-order valence-electron chi connectivity index (χ1n) is 8.06. The first kappa shape index (κ1) is 20.1. The molecule has 28 heavy (non-hydrogen) atoms. The lowest BCUT2D eigenvalue weighted by Gasteiger charge is -2.08. The molecule has 3 rings (SSSR count). The average molecular weight is 436 g/mol. The highest BCUT2D eigenvalue weighted by Gasteiger charge is 2.07. The third-order valence-corrected chi connectivity index (χ3v) is 4.83. The molecule has 3 N–H and O–H groups in total. The lowest BCUT2D eigenvalue weighted by molar-refractivity contribution is -0.120. The maximum atomic E-state index is 11.8. The molecule has 3 aromatic rings. The molecule has 10 heteroatoms. The van der Waals surface area contributed by atoms with E-state index in [0.29, 0.717) is 32.5 Å². The van der Waals surface area contributed by atoms with Crippen LogP contribution < -0.4 is 15.9 Å². The molecule has 0 aliphatic carbocycles. The summed E-state index contributed by atoms with van der Waals surface area (Å²) in [5.41, 5.74) is 9.55. The largest absolute Gasteiger partial charge is 0.489 e. The topological polar surface area (TPSA) is 102 Å². The van der Waals surface area contributed by atoms with Crippen molar-refractivity contribution in [1.29, 1.82) is 0 Å². The van der Waals surface area contributed by atoms with Crippen molar-refractivity contribution in [3.8, 4) is 5.75 Å². The van der Waals surface area contributed by atoms with Gasteiger partial charge in [0.2, 0.25) is 11.0 Å². The first-order chi connectivity index (χ1) is 13.5. The summed E-state index contributed by atoms with van der Waals surface area (Å²) in [5.74, 6) is 0.383. The molecule has 0 unspecified atom stereocenters. The summed E-state index contributed by atoms with van der Waals surface area (Å²) in [7, 11) is 0. The molecule has 0 atom stereocenters. The van der Waals surface area contributed by atoms with Crippen molar-refractivity contribution in [2.24, 2.45) is 5.10 Å². The van der Waals surface area contributed by atoms with E-state index in [0.717, 1.165) is 11.1 Å². The van der Waals surface area contributed by atoms with E-state index in [9.17, 15) is 4.79 Å². The zero-order valence-electron chi connectivity index (χ0n) is 14.4. The molecular weight excluding hydrogens is 421 g/mol. The second kappa shape index (κ2) is 9.50. The molecular formula is C18H15Cl2N5O2S. The number of aromatic nitrogens is 2. The van der Waals surface area contributed by atoms with E-state index in [1.54, 1.807) is 24.3 Å². The Hall–Kier alpha value is -2.68. The minimum Gasteiger partial charge on any atom is -0.489 e. The van der Waals surface area contributed by atoms with Crippen LogP contribution in [0.15, 0.2) is 47.6 Å². The standard InChI is InChI=1S/C18H15Cl2N5O2S/c19-13-4-3-12(15(20)7-13)10-27-14-5-1-11(2-6-14)9-22-23-16(26)8-17-24-25-18(21)28-17/h1-7,9H,8,10H2,(H2,21,25)(H,23,26)/b22-9+. The number of nitrogen functional groups attached to an aromatic ring is 1. The van der Waals surface area contributed by atoms with Crippen molar-refractivity contribution >= 4 is 51.8 Å². The summed E-state index contributed by atoms with van der Waals surface area (Å²) in [6.07, 6.45) is 1.61. The molecule has 144 valence electrons. The molecule has 1 aromatic heterocycles. The normalized spacial score (nSPS) is 10.9. The van der Waals surface area contributed by atoms with Crippen LogP contribution in [0, 0.1) is 0 Å². The number of ether oxygens (including phenoxy) is 1. The quantitative estimate of drug-likeness (QED) is 0.434. The Morgan fingerprint density at radius 1 is 1.21 bits per heavy atom. The van der Waals surface area contributed by atoms with Crippen LogP contribution in [0.5, 0.6) is 5.75 Å². The van der Waals surface area contributed by atoms with E-state index >= 15 is 0 Å². The van der Waals surface area contributed by atoms with Crippen molar-refractivity contribution in [3.05, 3.63) is 68.6 Å². The zero-order chi connectivity index (χ0) is 19.9. The summed E-state index contributed by atoms with van der Waals surface area (Å²) < 4.78 is 5.72. The number of anilines is 1. The van der Waals surface area contributed by atoms with Gasteiger partial charge in [-0.25, -0.2) is 5.43 Å². The predicted molar refractivity (Wildman–Crippen MR) is 111 cm³/mol. The maximum absolute atomic E-state index is 11.8. The number of carbonyl (C=O) groups excluding carboxylic acids is 1. The molecule has 0 aliphatic rings. The van der Waals surface area contributed by atoms with Gasteiger partial charge in [-0.05, 0) is 42.0 Å². The number of benzene rings is 2. The van der Waals surface area contributed by atoms with Crippen molar-refractivity contribution in [1.82, 2.24) is 15.6 Å². The Labute approximate surface area is 175 Å². The van der Waals surface area contributed by atoms with Crippen LogP contribution in [-0.2, 0) is 17.8 Å². The Morgan fingerprint density at radius 2 is 2.00 bits per heavy atom. The van der Waals surface area contributed by atoms with E-state index in [-0.39, 0.29) is 12.3 Å². The van der Waals surface area contributed by atoms with Gasteiger partial charge in [0.25, 0.3) is 0 Å². The second-order valence-electron chi connectivity index (χ2n) is 5.60. The molecule has 1 amide bonds. The highest BCUT2D eigenvalue weighted by molar-refractivity contribution is 7.15. The van der Waals surface area contributed by atoms with E-state index < -0.39 is 0 Å². The first-order valence-corrected chi connectivity index (χ1v) is 9.63. The van der Waals surface area contributed by atoms with Gasteiger partial charge in [0.15, 0.2) is 0 Å².